The van der Waals surface area contributed by atoms with E-state index in [2.05, 4.69) is 106 Å². The molecule has 0 N–H and O–H groups in total. The van der Waals surface area contributed by atoms with E-state index in [-0.39, 0.29) is 5.78 Å². The Morgan fingerprint density at radius 1 is 0.667 bits per heavy atom. The average molecular weight is 540 g/mol. The van der Waals surface area contributed by atoms with E-state index in [9.17, 15) is 4.79 Å². The maximum atomic E-state index is 12.9. The largest absolute Gasteiger partial charge is 0.289 e. The predicted octanol–water partition coefficient (Wildman–Crippen LogP) is 6.51. The molecular formula is C21H18I2O. The van der Waals surface area contributed by atoms with Crippen molar-refractivity contribution in [2.45, 2.75) is 25.7 Å². The zero-order chi connectivity index (χ0) is 16.9. The second-order valence-electron chi connectivity index (χ2n) is 5.98. The van der Waals surface area contributed by atoms with Crippen LogP contribution in [0.2, 0.25) is 0 Å². The van der Waals surface area contributed by atoms with Gasteiger partial charge in [-0.05, 0) is 118 Å². The van der Waals surface area contributed by atoms with Gasteiger partial charge >= 0.3 is 0 Å². The standard InChI is InChI=1S/C21H18I2O/c22-19-9-5-15(6-10-19)13-17-3-1-2-4-18(21(17)24)14-16-7-11-20(23)12-8-16/h5-14H,1-4H2/b17-13-,18-14+. The molecule has 2 aromatic rings. The molecule has 0 radical (unpaired) electrons. The lowest BCUT2D eigenvalue weighted by Gasteiger charge is -2.06. The van der Waals surface area contributed by atoms with Crippen molar-refractivity contribution in [3.05, 3.63) is 77.9 Å². The number of halogens is 2. The van der Waals surface area contributed by atoms with Crippen LogP contribution >= 0.6 is 45.2 Å². The third kappa shape index (κ3) is 4.79. The zero-order valence-electron chi connectivity index (χ0n) is 13.3. The molecule has 1 saturated carbocycles. The highest BCUT2D eigenvalue weighted by atomic mass is 127. The molecule has 3 heteroatoms. The number of carbonyl (C=O) groups excluding carboxylic acids is 1. The number of ketones is 1. The van der Waals surface area contributed by atoms with E-state index in [0.717, 1.165) is 48.0 Å². The maximum absolute atomic E-state index is 12.9. The number of carbonyl (C=O) groups is 1. The number of hydrogen-bond donors (Lipinski definition) is 0. The van der Waals surface area contributed by atoms with E-state index in [4.69, 9.17) is 0 Å². The monoisotopic (exact) mass is 540 g/mol. The first-order valence-corrected chi connectivity index (χ1v) is 10.2. The first-order chi connectivity index (χ1) is 11.6. The van der Waals surface area contributed by atoms with Gasteiger partial charge in [0.15, 0.2) is 5.78 Å². The highest BCUT2D eigenvalue weighted by molar-refractivity contribution is 14.1. The fraction of sp³-hybridized carbons (Fsp3) is 0.190. The number of benzene rings is 2. The third-order valence-electron chi connectivity index (χ3n) is 4.15. The summed E-state index contributed by atoms with van der Waals surface area (Å²) in [7, 11) is 0. The summed E-state index contributed by atoms with van der Waals surface area (Å²) in [5.41, 5.74) is 4.08. The summed E-state index contributed by atoms with van der Waals surface area (Å²) in [6.45, 7) is 0. The molecule has 0 spiro atoms. The topological polar surface area (TPSA) is 17.1 Å². The van der Waals surface area contributed by atoms with Crippen molar-refractivity contribution in [1.82, 2.24) is 0 Å². The Kier molecular flexibility index (Phi) is 6.27. The van der Waals surface area contributed by atoms with E-state index >= 15 is 0 Å². The van der Waals surface area contributed by atoms with Gasteiger partial charge in [-0.25, -0.2) is 0 Å². The van der Waals surface area contributed by atoms with Gasteiger partial charge in [-0.2, -0.15) is 0 Å². The van der Waals surface area contributed by atoms with Crippen LogP contribution in [0, 0.1) is 7.14 Å². The van der Waals surface area contributed by atoms with Crippen molar-refractivity contribution in [2.75, 3.05) is 0 Å². The minimum Gasteiger partial charge on any atom is -0.289 e. The first kappa shape index (κ1) is 17.9. The zero-order valence-corrected chi connectivity index (χ0v) is 17.6. The maximum Gasteiger partial charge on any atom is 0.185 e. The molecule has 3 rings (SSSR count). The Hall–Kier alpha value is -0.950. The van der Waals surface area contributed by atoms with Crippen molar-refractivity contribution >= 4 is 63.1 Å². The van der Waals surface area contributed by atoms with Gasteiger partial charge in [0.1, 0.15) is 0 Å². The van der Waals surface area contributed by atoms with Crippen molar-refractivity contribution < 1.29 is 4.79 Å². The van der Waals surface area contributed by atoms with Crippen molar-refractivity contribution in [2.24, 2.45) is 0 Å². The van der Waals surface area contributed by atoms with E-state index in [1.54, 1.807) is 0 Å². The molecule has 2 aromatic carbocycles. The average Bonchev–Trinajstić information content (AvgIpc) is 2.75. The van der Waals surface area contributed by atoms with Gasteiger partial charge < -0.3 is 0 Å². The lowest BCUT2D eigenvalue weighted by Crippen LogP contribution is -2.04. The van der Waals surface area contributed by atoms with Gasteiger partial charge in [0.25, 0.3) is 0 Å². The molecule has 1 aliphatic carbocycles. The highest BCUT2D eigenvalue weighted by Crippen LogP contribution is 2.27. The summed E-state index contributed by atoms with van der Waals surface area (Å²) >= 11 is 4.60. The Labute approximate surface area is 170 Å². The molecule has 122 valence electrons. The van der Waals surface area contributed by atoms with Crippen LogP contribution in [0.5, 0.6) is 0 Å². The Balaban J connectivity index is 1.90. The van der Waals surface area contributed by atoms with Gasteiger partial charge in [-0.1, -0.05) is 24.3 Å². The molecule has 24 heavy (non-hydrogen) atoms. The second-order valence-corrected chi connectivity index (χ2v) is 8.47. The molecule has 0 aliphatic heterocycles. The van der Waals surface area contributed by atoms with Gasteiger partial charge in [0, 0.05) is 18.3 Å². The number of rotatable bonds is 2. The minimum atomic E-state index is 0.213. The molecule has 0 aromatic heterocycles. The van der Waals surface area contributed by atoms with Crippen molar-refractivity contribution in [3.8, 4) is 0 Å². The summed E-state index contributed by atoms with van der Waals surface area (Å²) in [6, 6.07) is 16.6. The highest BCUT2D eigenvalue weighted by Gasteiger charge is 2.18. The van der Waals surface area contributed by atoms with Crippen molar-refractivity contribution in [1.29, 1.82) is 0 Å². The van der Waals surface area contributed by atoms with E-state index in [1.807, 2.05) is 0 Å². The predicted molar refractivity (Wildman–Crippen MR) is 118 cm³/mol. The Bertz CT molecular complexity index is 716. The molecular weight excluding hydrogens is 522 g/mol. The number of hydrogen-bond acceptors (Lipinski definition) is 1. The molecule has 0 atom stereocenters. The van der Waals surface area contributed by atoms with Gasteiger partial charge in [0.2, 0.25) is 0 Å². The smallest absolute Gasteiger partial charge is 0.185 e. The minimum absolute atomic E-state index is 0.213. The van der Waals surface area contributed by atoms with Gasteiger partial charge in [-0.3, -0.25) is 4.79 Å². The molecule has 1 nitrogen and oxygen atoms in total. The number of allylic oxidation sites excluding steroid dienone is 2. The molecule has 0 saturated heterocycles. The molecule has 1 aliphatic rings. The molecule has 0 heterocycles. The summed E-state index contributed by atoms with van der Waals surface area (Å²) in [6.07, 6.45) is 8.01. The van der Waals surface area contributed by atoms with Crippen LogP contribution in [0.25, 0.3) is 12.2 Å². The van der Waals surface area contributed by atoms with Gasteiger partial charge in [0.05, 0.1) is 0 Å². The quantitative estimate of drug-likeness (QED) is 0.242. The van der Waals surface area contributed by atoms with E-state index < -0.39 is 0 Å². The third-order valence-corrected chi connectivity index (χ3v) is 5.59. The Morgan fingerprint density at radius 3 is 1.42 bits per heavy atom. The fourth-order valence-electron chi connectivity index (χ4n) is 2.86. The molecule has 0 amide bonds. The van der Waals surface area contributed by atoms with Crippen LogP contribution in [0.3, 0.4) is 0 Å². The molecule has 0 bridgehead atoms. The van der Waals surface area contributed by atoms with Crippen molar-refractivity contribution in [3.63, 3.8) is 0 Å². The summed E-state index contributed by atoms with van der Waals surface area (Å²) in [5, 5.41) is 0. The fourth-order valence-corrected chi connectivity index (χ4v) is 3.58. The molecule has 1 fully saturated rings. The van der Waals surface area contributed by atoms with Crippen LogP contribution in [-0.4, -0.2) is 5.78 Å². The van der Waals surface area contributed by atoms with Crippen LogP contribution in [-0.2, 0) is 4.79 Å². The summed E-state index contributed by atoms with van der Waals surface area (Å²) in [4.78, 5) is 12.9. The summed E-state index contributed by atoms with van der Waals surface area (Å²) in [5.74, 6) is 0.213. The normalized spacial score (nSPS) is 18.8. The summed E-state index contributed by atoms with van der Waals surface area (Å²) < 4.78 is 2.42. The van der Waals surface area contributed by atoms with E-state index in [1.165, 1.54) is 7.14 Å². The van der Waals surface area contributed by atoms with Crippen LogP contribution in [0.15, 0.2) is 59.7 Å². The molecule has 0 unspecified atom stereocenters. The number of Topliss-reactive ketones (excluding diaryl/α,β-unsaturated/α-hetero) is 1. The SMILES string of the molecule is O=C1/C(=C\c2ccc(I)cc2)CCCC/C1=C\c1ccc(I)cc1. The second kappa shape index (κ2) is 8.43. The van der Waals surface area contributed by atoms with Crippen LogP contribution in [0.4, 0.5) is 0 Å². The Morgan fingerprint density at radius 2 is 1.04 bits per heavy atom. The van der Waals surface area contributed by atoms with E-state index in [0.29, 0.717) is 0 Å². The van der Waals surface area contributed by atoms with Crippen LogP contribution < -0.4 is 0 Å². The first-order valence-electron chi connectivity index (χ1n) is 8.09. The lowest BCUT2D eigenvalue weighted by atomic mass is 9.98. The lowest BCUT2D eigenvalue weighted by molar-refractivity contribution is -0.112. The van der Waals surface area contributed by atoms with Crippen LogP contribution in [0.1, 0.15) is 36.8 Å². The van der Waals surface area contributed by atoms with Gasteiger partial charge in [-0.15, -0.1) is 0 Å².